The average Bonchev–Trinajstić information content (AvgIpc) is 3.10. The fourth-order valence-electron chi connectivity index (χ4n) is 3.75. The van der Waals surface area contributed by atoms with Crippen LogP contribution in [0.1, 0.15) is 21.6 Å². The number of carbonyl (C=O) groups is 2. The van der Waals surface area contributed by atoms with Crippen LogP contribution in [0.15, 0.2) is 60.8 Å². The van der Waals surface area contributed by atoms with Crippen LogP contribution in [0.2, 0.25) is 5.02 Å². The third-order valence-electron chi connectivity index (χ3n) is 5.42. The Kier molecular flexibility index (Phi) is 6.33. The molecular weight excluding hydrogens is 442 g/mol. The standard InChI is InChI=1S/C25H22ClN3O4/c1-15-23(24(30)25(31)28-18-10-11-27-22(12-18)33-3)20-13-19(32-2)8-9-21(20)29(15)14-16-4-6-17(26)7-5-16/h4-13H,14H2,1-3H3,(H,27,28,31). The molecule has 0 unspecified atom stereocenters. The number of anilines is 1. The summed E-state index contributed by atoms with van der Waals surface area (Å²) in [7, 11) is 3.04. The van der Waals surface area contributed by atoms with Gasteiger partial charge in [-0.1, -0.05) is 23.7 Å². The van der Waals surface area contributed by atoms with Crippen molar-refractivity contribution in [3.05, 3.63) is 82.6 Å². The first kappa shape index (κ1) is 22.4. The number of halogens is 1. The summed E-state index contributed by atoms with van der Waals surface area (Å²) in [5, 5.41) is 3.93. The number of ether oxygens (including phenoxy) is 2. The zero-order chi connectivity index (χ0) is 23.5. The molecule has 0 radical (unpaired) electrons. The zero-order valence-corrected chi connectivity index (χ0v) is 19.1. The number of methoxy groups -OCH3 is 2. The van der Waals surface area contributed by atoms with Crippen molar-refractivity contribution in [3.8, 4) is 11.6 Å². The molecule has 7 nitrogen and oxygen atoms in total. The van der Waals surface area contributed by atoms with Crippen LogP contribution < -0.4 is 14.8 Å². The lowest BCUT2D eigenvalue weighted by atomic mass is 10.1. The molecule has 0 bridgehead atoms. The summed E-state index contributed by atoms with van der Waals surface area (Å²) >= 11 is 6.02. The van der Waals surface area contributed by atoms with Crippen LogP contribution in [0.25, 0.3) is 10.9 Å². The van der Waals surface area contributed by atoms with Gasteiger partial charge in [0, 0.05) is 46.1 Å². The summed E-state index contributed by atoms with van der Waals surface area (Å²) in [5.41, 5.74) is 3.27. The molecule has 8 heteroatoms. The number of ketones is 1. The molecule has 2 heterocycles. The summed E-state index contributed by atoms with van der Waals surface area (Å²) < 4.78 is 12.4. The summed E-state index contributed by atoms with van der Waals surface area (Å²) in [6.45, 7) is 2.35. The van der Waals surface area contributed by atoms with E-state index in [1.54, 1.807) is 25.3 Å². The number of Topliss-reactive ketones (excluding diaryl/α,β-unsaturated/α-hetero) is 1. The summed E-state index contributed by atoms with van der Waals surface area (Å²) in [4.78, 5) is 30.2. The first-order valence-electron chi connectivity index (χ1n) is 10.2. The lowest BCUT2D eigenvalue weighted by Crippen LogP contribution is -2.23. The van der Waals surface area contributed by atoms with E-state index in [2.05, 4.69) is 10.3 Å². The van der Waals surface area contributed by atoms with Crippen LogP contribution in [0.5, 0.6) is 11.6 Å². The fraction of sp³-hybridized carbons (Fsp3) is 0.160. The maximum Gasteiger partial charge on any atom is 0.296 e. The highest BCUT2D eigenvalue weighted by atomic mass is 35.5. The van der Waals surface area contributed by atoms with Crippen molar-refractivity contribution in [2.75, 3.05) is 19.5 Å². The van der Waals surface area contributed by atoms with E-state index in [-0.39, 0.29) is 0 Å². The summed E-state index contributed by atoms with van der Waals surface area (Å²) in [6, 6.07) is 16.1. The fourth-order valence-corrected chi connectivity index (χ4v) is 3.88. The predicted molar refractivity (Wildman–Crippen MR) is 128 cm³/mol. The molecule has 4 rings (SSSR count). The number of benzene rings is 2. The Hall–Kier alpha value is -3.84. The molecule has 2 aromatic heterocycles. The molecule has 168 valence electrons. The Balaban J connectivity index is 1.75. The van der Waals surface area contributed by atoms with Crippen molar-refractivity contribution in [3.63, 3.8) is 0 Å². The van der Waals surface area contributed by atoms with Crippen LogP contribution in [-0.4, -0.2) is 35.5 Å². The average molecular weight is 464 g/mol. The number of aromatic nitrogens is 2. The van der Waals surface area contributed by atoms with Crippen LogP contribution >= 0.6 is 11.6 Å². The smallest absolute Gasteiger partial charge is 0.296 e. The number of rotatable bonds is 7. The van der Waals surface area contributed by atoms with E-state index in [1.807, 2.05) is 47.9 Å². The van der Waals surface area contributed by atoms with Gasteiger partial charge >= 0.3 is 0 Å². The summed E-state index contributed by atoms with van der Waals surface area (Å²) in [5.74, 6) is -0.462. The van der Waals surface area contributed by atoms with Gasteiger partial charge in [-0.2, -0.15) is 0 Å². The molecule has 0 saturated heterocycles. The Morgan fingerprint density at radius 3 is 2.48 bits per heavy atom. The largest absolute Gasteiger partial charge is 0.497 e. The van der Waals surface area contributed by atoms with Gasteiger partial charge in [-0.05, 0) is 48.9 Å². The van der Waals surface area contributed by atoms with Crippen molar-refractivity contribution in [1.29, 1.82) is 0 Å². The van der Waals surface area contributed by atoms with E-state index in [1.165, 1.54) is 13.3 Å². The molecule has 0 aliphatic heterocycles. The zero-order valence-electron chi connectivity index (χ0n) is 18.4. The number of carbonyl (C=O) groups excluding carboxylic acids is 2. The second-order valence-electron chi connectivity index (χ2n) is 7.43. The topological polar surface area (TPSA) is 82.5 Å². The second kappa shape index (κ2) is 9.34. The van der Waals surface area contributed by atoms with Gasteiger partial charge in [0.15, 0.2) is 0 Å². The van der Waals surface area contributed by atoms with Gasteiger partial charge in [0.25, 0.3) is 11.7 Å². The minimum absolute atomic E-state index is 0.330. The van der Waals surface area contributed by atoms with Crippen LogP contribution in [-0.2, 0) is 11.3 Å². The normalized spacial score (nSPS) is 10.8. The number of pyridine rings is 1. The molecule has 4 aromatic rings. The van der Waals surface area contributed by atoms with Gasteiger partial charge in [0.2, 0.25) is 5.88 Å². The van der Waals surface area contributed by atoms with Crippen molar-refractivity contribution in [2.24, 2.45) is 0 Å². The van der Waals surface area contributed by atoms with Crippen molar-refractivity contribution < 1.29 is 19.1 Å². The molecule has 0 aliphatic rings. The third-order valence-corrected chi connectivity index (χ3v) is 5.67. The van der Waals surface area contributed by atoms with Crippen molar-refractivity contribution >= 4 is 39.9 Å². The molecule has 33 heavy (non-hydrogen) atoms. The molecule has 0 fully saturated rings. The highest BCUT2D eigenvalue weighted by Crippen LogP contribution is 2.31. The van der Waals surface area contributed by atoms with Crippen LogP contribution in [0.4, 0.5) is 5.69 Å². The molecular formula is C25H22ClN3O4. The van der Waals surface area contributed by atoms with Gasteiger partial charge in [0.1, 0.15) is 5.75 Å². The highest BCUT2D eigenvalue weighted by Gasteiger charge is 2.26. The number of amides is 1. The van der Waals surface area contributed by atoms with E-state index in [4.69, 9.17) is 21.1 Å². The quantitative estimate of drug-likeness (QED) is 0.312. The number of nitrogens with zero attached hydrogens (tertiary/aromatic N) is 2. The maximum atomic E-state index is 13.3. The van der Waals surface area contributed by atoms with Gasteiger partial charge in [-0.25, -0.2) is 4.98 Å². The van der Waals surface area contributed by atoms with Gasteiger partial charge in [-0.3, -0.25) is 9.59 Å². The molecule has 0 spiro atoms. The van der Waals surface area contributed by atoms with Gasteiger partial charge in [0.05, 0.1) is 19.8 Å². The highest BCUT2D eigenvalue weighted by molar-refractivity contribution is 6.48. The van der Waals surface area contributed by atoms with E-state index >= 15 is 0 Å². The number of fused-ring (bicyclic) bond motifs is 1. The molecule has 1 amide bonds. The van der Waals surface area contributed by atoms with Crippen LogP contribution in [0.3, 0.4) is 0 Å². The van der Waals surface area contributed by atoms with E-state index in [0.29, 0.717) is 45.5 Å². The minimum Gasteiger partial charge on any atom is -0.497 e. The molecule has 0 saturated carbocycles. The SMILES string of the molecule is COc1ccc2c(c1)c(C(=O)C(=O)Nc1ccnc(OC)c1)c(C)n2Cc1ccc(Cl)cc1. The summed E-state index contributed by atoms with van der Waals surface area (Å²) in [6.07, 6.45) is 1.49. The Bertz CT molecular complexity index is 1350. The molecule has 0 atom stereocenters. The Morgan fingerprint density at radius 1 is 1.03 bits per heavy atom. The third kappa shape index (κ3) is 4.54. The van der Waals surface area contributed by atoms with Crippen molar-refractivity contribution in [2.45, 2.75) is 13.5 Å². The first-order chi connectivity index (χ1) is 15.9. The Morgan fingerprint density at radius 2 is 1.79 bits per heavy atom. The number of hydrogen-bond donors (Lipinski definition) is 1. The van der Waals surface area contributed by atoms with E-state index in [0.717, 1.165) is 11.1 Å². The van der Waals surface area contributed by atoms with E-state index in [9.17, 15) is 9.59 Å². The number of nitrogens with one attached hydrogen (secondary N) is 1. The van der Waals surface area contributed by atoms with Crippen molar-refractivity contribution in [1.82, 2.24) is 9.55 Å². The molecule has 1 N–H and O–H groups in total. The lowest BCUT2D eigenvalue weighted by molar-refractivity contribution is -0.112. The predicted octanol–water partition coefficient (Wildman–Crippen LogP) is 4.89. The number of hydrogen-bond acceptors (Lipinski definition) is 5. The molecule has 2 aromatic carbocycles. The van der Waals surface area contributed by atoms with E-state index < -0.39 is 11.7 Å². The van der Waals surface area contributed by atoms with Crippen LogP contribution in [0, 0.1) is 6.92 Å². The second-order valence-corrected chi connectivity index (χ2v) is 7.86. The van der Waals surface area contributed by atoms with Gasteiger partial charge in [-0.15, -0.1) is 0 Å². The molecule has 0 aliphatic carbocycles. The van der Waals surface area contributed by atoms with Gasteiger partial charge < -0.3 is 19.4 Å². The Labute approximate surface area is 195 Å². The monoisotopic (exact) mass is 463 g/mol. The first-order valence-corrected chi connectivity index (χ1v) is 10.6. The minimum atomic E-state index is -0.750. The maximum absolute atomic E-state index is 13.3. The lowest BCUT2D eigenvalue weighted by Gasteiger charge is -2.10.